The molecular weight excluding hydrogens is 148 g/mol. The van der Waals surface area contributed by atoms with Gasteiger partial charge in [0.25, 0.3) is 0 Å². The third-order valence-corrected chi connectivity index (χ3v) is 1.85. The van der Waals surface area contributed by atoms with Crippen LogP contribution in [0.2, 0.25) is 0 Å². The Labute approximate surface area is 64.6 Å². The molecule has 0 saturated carbocycles. The molecule has 11 heavy (non-hydrogen) atoms. The van der Waals surface area contributed by atoms with Crippen molar-refractivity contribution in [3.05, 3.63) is 0 Å². The van der Waals surface area contributed by atoms with Crippen molar-refractivity contribution in [2.75, 3.05) is 13.1 Å². The molecule has 0 bridgehead atoms. The lowest BCUT2D eigenvalue weighted by Gasteiger charge is -2.25. The number of carbonyl (C=O) groups is 1. The minimum atomic E-state index is -0.441. The average molecular weight is 160 g/mol. The SMILES string of the molecule is NOC(=O)C1CCCN(O)C1. The van der Waals surface area contributed by atoms with Gasteiger partial charge in [0.15, 0.2) is 0 Å². The van der Waals surface area contributed by atoms with E-state index in [9.17, 15) is 4.79 Å². The molecule has 0 aromatic heterocycles. The molecule has 1 unspecified atom stereocenters. The van der Waals surface area contributed by atoms with E-state index < -0.39 is 5.97 Å². The molecule has 0 amide bonds. The molecule has 5 nitrogen and oxygen atoms in total. The van der Waals surface area contributed by atoms with Crippen molar-refractivity contribution in [1.29, 1.82) is 0 Å². The van der Waals surface area contributed by atoms with Gasteiger partial charge in [0, 0.05) is 13.1 Å². The Morgan fingerprint density at radius 3 is 3.00 bits per heavy atom. The zero-order valence-electron chi connectivity index (χ0n) is 6.19. The number of nitrogens with two attached hydrogens (primary N) is 1. The molecule has 1 heterocycles. The highest BCUT2D eigenvalue weighted by Gasteiger charge is 2.25. The van der Waals surface area contributed by atoms with E-state index in [0.717, 1.165) is 17.9 Å². The fourth-order valence-corrected chi connectivity index (χ4v) is 1.25. The van der Waals surface area contributed by atoms with Gasteiger partial charge in [0.1, 0.15) is 0 Å². The fraction of sp³-hybridized carbons (Fsp3) is 0.833. The first kappa shape index (κ1) is 8.45. The summed E-state index contributed by atoms with van der Waals surface area (Å²) in [7, 11) is 0. The van der Waals surface area contributed by atoms with Crippen molar-refractivity contribution >= 4 is 5.97 Å². The van der Waals surface area contributed by atoms with E-state index in [1.165, 1.54) is 0 Å². The maximum absolute atomic E-state index is 10.8. The van der Waals surface area contributed by atoms with Gasteiger partial charge in [-0.3, -0.25) is 4.79 Å². The average Bonchev–Trinajstić information content (AvgIpc) is 2.03. The lowest BCUT2D eigenvalue weighted by Crippen LogP contribution is -2.37. The number of rotatable bonds is 1. The summed E-state index contributed by atoms with van der Waals surface area (Å²) in [6.45, 7) is 0.949. The minimum Gasteiger partial charge on any atom is -0.373 e. The Morgan fingerprint density at radius 2 is 2.45 bits per heavy atom. The second kappa shape index (κ2) is 3.66. The van der Waals surface area contributed by atoms with Crippen LogP contribution in [0.1, 0.15) is 12.8 Å². The Bertz CT molecular complexity index is 151. The quantitative estimate of drug-likeness (QED) is 0.506. The molecule has 1 aliphatic heterocycles. The molecule has 1 fully saturated rings. The summed E-state index contributed by atoms with van der Waals surface area (Å²) >= 11 is 0. The molecule has 0 radical (unpaired) electrons. The Kier molecular flexibility index (Phi) is 2.81. The summed E-state index contributed by atoms with van der Waals surface area (Å²) < 4.78 is 0. The van der Waals surface area contributed by atoms with E-state index >= 15 is 0 Å². The normalized spacial score (nSPS) is 26.5. The van der Waals surface area contributed by atoms with E-state index in [4.69, 9.17) is 11.1 Å². The lowest BCUT2D eigenvalue weighted by atomic mass is 10.00. The summed E-state index contributed by atoms with van der Waals surface area (Å²) in [4.78, 5) is 14.9. The van der Waals surface area contributed by atoms with Crippen LogP contribution in [-0.2, 0) is 9.63 Å². The minimum absolute atomic E-state index is 0.265. The standard InChI is InChI=1S/C6H12N2O3/c7-11-6(9)5-2-1-3-8(10)4-5/h5,10H,1-4,7H2. The Balaban J connectivity index is 2.39. The smallest absolute Gasteiger partial charge is 0.328 e. The van der Waals surface area contributed by atoms with Gasteiger partial charge >= 0.3 is 5.97 Å². The summed E-state index contributed by atoms with van der Waals surface area (Å²) in [6.07, 6.45) is 1.55. The zero-order valence-corrected chi connectivity index (χ0v) is 6.19. The van der Waals surface area contributed by atoms with Crippen LogP contribution in [0.15, 0.2) is 0 Å². The summed E-state index contributed by atoms with van der Waals surface area (Å²) in [5.41, 5.74) is 0. The molecule has 0 aliphatic carbocycles. The fourth-order valence-electron chi connectivity index (χ4n) is 1.25. The molecular formula is C6H12N2O3. The number of hydroxylamine groups is 2. The third kappa shape index (κ3) is 2.14. The highest BCUT2D eigenvalue weighted by Crippen LogP contribution is 2.15. The lowest BCUT2D eigenvalue weighted by molar-refractivity contribution is -0.162. The molecule has 0 aromatic carbocycles. The van der Waals surface area contributed by atoms with Gasteiger partial charge < -0.3 is 10.0 Å². The van der Waals surface area contributed by atoms with E-state index in [1.807, 2.05) is 0 Å². The van der Waals surface area contributed by atoms with Crippen LogP contribution in [0, 0.1) is 5.92 Å². The van der Waals surface area contributed by atoms with Crippen LogP contribution in [0.4, 0.5) is 0 Å². The van der Waals surface area contributed by atoms with Gasteiger partial charge in [-0.05, 0) is 12.8 Å². The Morgan fingerprint density at radius 1 is 1.73 bits per heavy atom. The number of nitrogens with zero attached hydrogens (tertiary/aromatic N) is 1. The van der Waals surface area contributed by atoms with E-state index in [0.29, 0.717) is 13.1 Å². The number of piperidine rings is 1. The summed E-state index contributed by atoms with van der Waals surface area (Å²) in [6, 6.07) is 0. The van der Waals surface area contributed by atoms with Gasteiger partial charge in [0.05, 0.1) is 5.92 Å². The second-order valence-corrected chi connectivity index (χ2v) is 2.69. The van der Waals surface area contributed by atoms with Crippen molar-refractivity contribution in [2.45, 2.75) is 12.8 Å². The molecule has 0 aromatic rings. The van der Waals surface area contributed by atoms with Gasteiger partial charge in [-0.25, -0.2) is 0 Å². The molecule has 0 spiro atoms. The van der Waals surface area contributed by atoms with Crippen molar-refractivity contribution in [3.63, 3.8) is 0 Å². The molecule has 5 heteroatoms. The van der Waals surface area contributed by atoms with Crippen LogP contribution in [0.5, 0.6) is 0 Å². The topological polar surface area (TPSA) is 75.8 Å². The van der Waals surface area contributed by atoms with Gasteiger partial charge in [-0.1, -0.05) is 0 Å². The van der Waals surface area contributed by atoms with Crippen LogP contribution < -0.4 is 5.90 Å². The zero-order chi connectivity index (χ0) is 8.27. The van der Waals surface area contributed by atoms with Crippen LogP contribution in [0.25, 0.3) is 0 Å². The highest BCUT2D eigenvalue weighted by atomic mass is 16.7. The number of hydrogen-bond donors (Lipinski definition) is 2. The first-order valence-electron chi connectivity index (χ1n) is 3.58. The highest BCUT2D eigenvalue weighted by molar-refractivity contribution is 5.72. The predicted octanol–water partition coefficient (Wildman–Crippen LogP) is -0.496. The first-order chi connectivity index (χ1) is 5.24. The molecule has 64 valence electrons. The second-order valence-electron chi connectivity index (χ2n) is 2.69. The first-order valence-corrected chi connectivity index (χ1v) is 3.58. The van der Waals surface area contributed by atoms with Crippen molar-refractivity contribution in [2.24, 2.45) is 11.8 Å². The van der Waals surface area contributed by atoms with E-state index in [1.54, 1.807) is 0 Å². The van der Waals surface area contributed by atoms with Crippen molar-refractivity contribution in [3.8, 4) is 0 Å². The van der Waals surface area contributed by atoms with Gasteiger partial charge in [-0.15, -0.1) is 0 Å². The molecule has 1 rings (SSSR count). The van der Waals surface area contributed by atoms with Gasteiger partial charge in [-0.2, -0.15) is 11.0 Å². The Hall–Kier alpha value is -0.650. The summed E-state index contributed by atoms with van der Waals surface area (Å²) in [5.74, 6) is 3.99. The molecule has 3 N–H and O–H groups in total. The molecule has 1 atom stereocenters. The van der Waals surface area contributed by atoms with Crippen LogP contribution in [-0.4, -0.2) is 29.3 Å². The van der Waals surface area contributed by atoms with E-state index in [2.05, 4.69) is 4.84 Å². The maximum atomic E-state index is 10.8. The van der Waals surface area contributed by atoms with Gasteiger partial charge in [0.2, 0.25) is 0 Å². The van der Waals surface area contributed by atoms with Crippen LogP contribution >= 0.6 is 0 Å². The molecule has 1 aliphatic rings. The predicted molar refractivity (Wildman–Crippen MR) is 36.4 cm³/mol. The number of carbonyl (C=O) groups excluding carboxylic acids is 1. The van der Waals surface area contributed by atoms with Crippen molar-refractivity contribution in [1.82, 2.24) is 5.06 Å². The molecule has 1 saturated heterocycles. The third-order valence-electron chi connectivity index (χ3n) is 1.85. The van der Waals surface area contributed by atoms with Crippen molar-refractivity contribution < 1.29 is 14.8 Å². The van der Waals surface area contributed by atoms with Crippen LogP contribution in [0.3, 0.4) is 0 Å². The number of hydrogen-bond acceptors (Lipinski definition) is 5. The maximum Gasteiger partial charge on any atom is 0.328 e. The monoisotopic (exact) mass is 160 g/mol. The largest absolute Gasteiger partial charge is 0.373 e. The van der Waals surface area contributed by atoms with E-state index in [-0.39, 0.29) is 5.92 Å². The summed E-state index contributed by atoms with van der Waals surface area (Å²) in [5, 5.41) is 10.1.